The Hall–Kier alpha value is -3.16. The number of nitrogens with zero attached hydrogens (tertiary/aromatic N) is 3. The Kier molecular flexibility index (Phi) is 5.21. The predicted octanol–water partition coefficient (Wildman–Crippen LogP) is 3.77. The highest BCUT2D eigenvalue weighted by Gasteiger charge is 2.40. The fourth-order valence-electron chi connectivity index (χ4n) is 2.97. The minimum absolute atomic E-state index is 0.0205. The summed E-state index contributed by atoms with van der Waals surface area (Å²) >= 11 is 0. The van der Waals surface area contributed by atoms with E-state index in [-0.39, 0.29) is 28.3 Å². The summed E-state index contributed by atoms with van der Waals surface area (Å²) in [7, 11) is -3.94. The van der Waals surface area contributed by atoms with E-state index in [0.717, 1.165) is 4.68 Å². The first-order valence-electron chi connectivity index (χ1n) is 8.38. The maximum atomic E-state index is 13.9. The lowest BCUT2D eigenvalue weighted by atomic mass is 9.97. The van der Waals surface area contributed by atoms with Crippen molar-refractivity contribution < 1.29 is 21.6 Å². The fraction of sp³-hybridized carbons (Fsp3) is 0.158. The van der Waals surface area contributed by atoms with Gasteiger partial charge < -0.3 is 0 Å². The van der Waals surface area contributed by atoms with Crippen LogP contribution < -0.4 is 5.14 Å². The molecular formula is C19H15F3N4O2S. The van der Waals surface area contributed by atoms with Gasteiger partial charge in [-0.05, 0) is 36.8 Å². The molecule has 3 rings (SSSR count). The molecule has 0 saturated carbocycles. The number of hydrogen-bond acceptors (Lipinski definition) is 4. The van der Waals surface area contributed by atoms with Crippen molar-refractivity contribution in [3.63, 3.8) is 0 Å². The second-order valence-electron chi connectivity index (χ2n) is 6.14. The number of aryl methyl sites for hydroxylation is 1. The van der Waals surface area contributed by atoms with Gasteiger partial charge in [0.15, 0.2) is 5.69 Å². The van der Waals surface area contributed by atoms with Crippen molar-refractivity contribution in [2.45, 2.75) is 24.5 Å². The SMILES string of the molecule is CCn1nc(-c2ccc(S(N)(=O)=O)cc2)c(-c2ccc(C#N)cc2)c1C(F)(F)F. The number of primary sulfonamides is 1. The minimum Gasteiger partial charge on any atom is -0.260 e. The highest BCUT2D eigenvalue weighted by Crippen LogP contribution is 2.42. The van der Waals surface area contributed by atoms with Crippen LogP contribution in [0.2, 0.25) is 0 Å². The summed E-state index contributed by atoms with van der Waals surface area (Å²) < 4.78 is 65.4. The van der Waals surface area contributed by atoms with Crippen LogP contribution in [0.3, 0.4) is 0 Å². The third kappa shape index (κ3) is 4.01. The van der Waals surface area contributed by atoms with E-state index in [1.807, 2.05) is 6.07 Å². The van der Waals surface area contributed by atoms with Crippen LogP contribution >= 0.6 is 0 Å². The summed E-state index contributed by atoms with van der Waals surface area (Å²) in [6.45, 7) is 1.52. The van der Waals surface area contributed by atoms with Gasteiger partial charge in [-0.15, -0.1) is 0 Å². The van der Waals surface area contributed by atoms with E-state index in [4.69, 9.17) is 10.4 Å². The molecule has 0 fully saturated rings. The van der Waals surface area contributed by atoms with Crippen LogP contribution in [0.4, 0.5) is 13.2 Å². The quantitative estimate of drug-likeness (QED) is 0.694. The second kappa shape index (κ2) is 7.35. The smallest absolute Gasteiger partial charge is 0.260 e. The van der Waals surface area contributed by atoms with Gasteiger partial charge in [-0.3, -0.25) is 4.68 Å². The number of sulfonamides is 1. The number of aromatic nitrogens is 2. The number of hydrogen-bond donors (Lipinski definition) is 1. The number of halogens is 3. The van der Waals surface area contributed by atoms with Crippen LogP contribution in [-0.2, 0) is 22.7 Å². The molecule has 29 heavy (non-hydrogen) atoms. The number of rotatable bonds is 4. The number of nitrogens with two attached hydrogens (primary N) is 1. The summed E-state index contributed by atoms with van der Waals surface area (Å²) in [5, 5.41) is 18.1. The number of benzene rings is 2. The van der Waals surface area contributed by atoms with Crippen molar-refractivity contribution >= 4 is 10.0 Å². The zero-order chi connectivity index (χ0) is 21.4. The molecule has 0 bridgehead atoms. The lowest BCUT2D eigenvalue weighted by Crippen LogP contribution is -2.14. The normalized spacial score (nSPS) is 12.0. The Morgan fingerprint density at radius 2 is 1.62 bits per heavy atom. The highest BCUT2D eigenvalue weighted by atomic mass is 32.2. The molecule has 0 aliphatic carbocycles. The summed E-state index contributed by atoms with van der Waals surface area (Å²) in [5.74, 6) is 0. The first-order valence-corrected chi connectivity index (χ1v) is 9.92. The average molecular weight is 420 g/mol. The zero-order valence-corrected chi connectivity index (χ0v) is 15.9. The van der Waals surface area contributed by atoms with Gasteiger partial charge in [0.25, 0.3) is 0 Å². The molecule has 0 aliphatic heterocycles. The van der Waals surface area contributed by atoms with E-state index in [0.29, 0.717) is 11.1 Å². The Bertz CT molecular complexity index is 1190. The van der Waals surface area contributed by atoms with Crippen LogP contribution in [0.1, 0.15) is 18.2 Å². The third-order valence-corrected chi connectivity index (χ3v) is 5.21. The first-order chi connectivity index (χ1) is 13.6. The molecule has 0 amide bonds. The molecule has 0 atom stereocenters. The van der Waals surface area contributed by atoms with Crippen molar-refractivity contribution in [1.82, 2.24) is 9.78 Å². The summed E-state index contributed by atoms with van der Waals surface area (Å²) in [4.78, 5) is -0.160. The Morgan fingerprint density at radius 1 is 1.07 bits per heavy atom. The minimum atomic E-state index is -4.68. The van der Waals surface area contributed by atoms with Gasteiger partial charge in [-0.1, -0.05) is 24.3 Å². The molecule has 6 nitrogen and oxygen atoms in total. The van der Waals surface area contributed by atoms with Crippen LogP contribution in [-0.4, -0.2) is 18.2 Å². The van der Waals surface area contributed by atoms with E-state index in [9.17, 15) is 21.6 Å². The average Bonchev–Trinajstić information content (AvgIpc) is 3.07. The lowest BCUT2D eigenvalue weighted by Gasteiger charge is -2.12. The maximum absolute atomic E-state index is 13.9. The Balaban J connectivity index is 2.29. The van der Waals surface area contributed by atoms with Crippen LogP contribution in [0.25, 0.3) is 22.4 Å². The third-order valence-electron chi connectivity index (χ3n) is 4.28. The molecule has 10 heteroatoms. The van der Waals surface area contributed by atoms with Gasteiger partial charge in [0.05, 0.1) is 16.5 Å². The molecule has 0 saturated heterocycles. The van der Waals surface area contributed by atoms with Crippen LogP contribution in [0.15, 0.2) is 53.4 Å². The molecule has 0 radical (unpaired) electrons. The van der Waals surface area contributed by atoms with Crippen molar-refractivity contribution in [1.29, 1.82) is 5.26 Å². The first kappa shape index (κ1) is 20.6. The molecule has 0 spiro atoms. The molecule has 0 aliphatic rings. The molecule has 1 heterocycles. The van der Waals surface area contributed by atoms with E-state index in [1.54, 1.807) is 6.92 Å². The lowest BCUT2D eigenvalue weighted by molar-refractivity contribution is -0.143. The van der Waals surface area contributed by atoms with E-state index < -0.39 is 21.9 Å². The van der Waals surface area contributed by atoms with Crippen molar-refractivity contribution in [3.8, 4) is 28.5 Å². The van der Waals surface area contributed by atoms with E-state index in [1.165, 1.54) is 48.5 Å². The molecule has 2 N–H and O–H groups in total. The molecule has 0 unspecified atom stereocenters. The van der Waals surface area contributed by atoms with Gasteiger partial charge in [-0.25, -0.2) is 13.6 Å². The highest BCUT2D eigenvalue weighted by molar-refractivity contribution is 7.89. The van der Waals surface area contributed by atoms with E-state index in [2.05, 4.69) is 5.10 Å². The molecule has 150 valence electrons. The van der Waals surface area contributed by atoms with Crippen LogP contribution in [0, 0.1) is 11.3 Å². The van der Waals surface area contributed by atoms with Crippen molar-refractivity contribution in [2.24, 2.45) is 5.14 Å². The van der Waals surface area contributed by atoms with Gasteiger partial charge in [-0.2, -0.15) is 23.5 Å². The topological polar surface area (TPSA) is 102 Å². The predicted molar refractivity (Wildman–Crippen MR) is 99.9 cm³/mol. The summed E-state index contributed by atoms with van der Waals surface area (Å²) in [6, 6.07) is 12.8. The second-order valence-corrected chi connectivity index (χ2v) is 7.71. The summed E-state index contributed by atoms with van der Waals surface area (Å²) in [5.41, 5.74) is -0.174. The van der Waals surface area contributed by atoms with Gasteiger partial charge >= 0.3 is 6.18 Å². The molecule has 1 aromatic heterocycles. The standard InChI is InChI=1S/C19H15F3N4O2S/c1-2-26-18(19(20,21)22)16(13-5-3-12(11-23)4-6-13)17(25-26)14-7-9-15(10-8-14)29(24,27)28/h3-10H,2H2,1H3,(H2,24,27,28). The van der Waals surface area contributed by atoms with Crippen LogP contribution in [0.5, 0.6) is 0 Å². The summed E-state index contributed by atoms with van der Waals surface area (Å²) in [6.07, 6.45) is -4.68. The zero-order valence-electron chi connectivity index (χ0n) is 15.1. The molecule has 2 aromatic carbocycles. The fourth-order valence-corrected chi connectivity index (χ4v) is 3.48. The van der Waals surface area contributed by atoms with Crippen molar-refractivity contribution in [3.05, 3.63) is 59.8 Å². The monoisotopic (exact) mass is 420 g/mol. The maximum Gasteiger partial charge on any atom is 0.433 e. The Morgan fingerprint density at radius 3 is 2.07 bits per heavy atom. The number of nitriles is 1. The molecule has 3 aromatic rings. The van der Waals surface area contributed by atoms with Crippen molar-refractivity contribution in [2.75, 3.05) is 0 Å². The molecular weight excluding hydrogens is 405 g/mol. The Labute approximate surface area is 165 Å². The van der Waals surface area contributed by atoms with E-state index >= 15 is 0 Å². The van der Waals surface area contributed by atoms with Gasteiger partial charge in [0.1, 0.15) is 5.69 Å². The largest absolute Gasteiger partial charge is 0.433 e. The number of alkyl halides is 3. The van der Waals surface area contributed by atoms with Gasteiger partial charge in [0.2, 0.25) is 10.0 Å². The van der Waals surface area contributed by atoms with Gasteiger partial charge in [0, 0.05) is 17.7 Å².